The van der Waals surface area contributed by atoms with Crippen molar-refractivity contribution in [1.82, 2.24) is 9.97 Å². The quantitative estimate of drug-likeness (QED) is 0.331. The molecule has 32 heavy (non-hydrogen) atoms. The van der Waals surface area contributed by atoms with Crippen LogP contribution in [0.4, 0.5) is 36.3 Å². The van der Waals surface area contributed by atoms with Gasteiger partial charge in [-0.3, -0.25) is 0 Å². The van der Waals surface area contributed by atoms with Crippen LogP contribution in [0.3, 0.4) is 0 Å². The Balaban J connectivity index is 1.82. The van der Waals surface area contributed by atoms with E-state index in [1.807, 2.05) is 56.3 Å². The number of alkyl halides is 3. The Hall–Kier alpha value is -3.09. The Morgan fingerprint density at radius 3 is 2.34 bits per heavy atom. The zero-order chi connectivity index (χ0) is 23.1. The van der Waals surface area contributed by atoms with Crippen LogP contribution in [0.1, 0.15) is 62.6 Å². The molecule has 2 N–H and O–H groups in total. The van der Waals surface area contributed by atoms with Crippen LogP contribution >= 0.6 is 0 Å². The molecule has 0 radical (unpaired) electrons. The van der Waals surface area contributed by atoms with Crippen molar-refractivity contribution >= 4 is 23.1 Å². The third-order valence-corrected chi connectivity index (χ3v) is 5.19. The van der Waals surface area contributed by atoms with E-state index in [4.69, 9.17) is 0 Å². The summed E-state index contributed by atoms with van der Waals surface area (Å²) < 4.78 is 40.6. The fraction of sp³-hybridized carbons (Fsp3) is 0.360. The van der Waals surface area contributed by atoms with Crippen LogP contribution in [0.2, 0.25) is 0 Å². The zero-order valence-electron chi connectivity index (χ0n) is 18.6. The number of rotatable bonds is 9. The highest BCUT2D eigenvalue weighted by Crippen LogP contribution is 2.35. The summed E-state index contributed by atoms with van der Waals surface area (Å²) >= 11 is 0. The number of aromatic nitrogens is 2. The van der Waals surface area contributed by atoms with Crippen molar-refractivity contribution in [1.29, 1.82) is 0 Å². The lowest BCUT2D eigenvalue weighted by molar-refractivity contribution is -0.137. The van der Waals surface area contributed by atoms with Gasteiger partial charge < -0.3 is 10.6 Å². The maximum atomic E-state index is 13.5. The Bertz CT molecular complexity index is 1010. The smallest absolute Gasteiger partial charge is 0.340 e. The minimum atomic E-state index is -4.57. The molecule has 0 atom stereocenters. The predicted molar refractivity (Wildman–Crippen MR) is 124 cm³/mol. The fourth-order valence-electron chi connectivity index (χ4n) is 3.32. The molecule has 7 heteroatoms. The number of unbranched alkanes of at least 4 members (excludes halogenated alkanes) is 2. The van der Waals surface area contributed by atoms with Crippen molar-refractivity contribution < 1.29 is 13.2 Å². The lowest BCUT2D eigenvalue weighted by Gasteiger charge is -2.16. The molecule has 0 unspecified atom stereocenters. The lowest BCUT2D eigenvalue weighted by Crippen LogP contribution is -2.12. The fourth-order valence-corrected chi connectivity index (χ4v) is 3.32. The molecule has 0 aliphatic rings. The number of nitrogens with zero attached hydrogens (tertiary/aromatic N) is 2. The first kappa shape index (κ1) is 23.6. The Kier molecular flexibility index (Phi) is 7.72. The van der Waals surface area contributed by atoms with E-state index < -0.39 is 11.7 Å². The van der Waals surface area contributed by atoms with Gasteiger partial charge in [-0.1, -0.05) is 57.9 Å². The van der Waals surface area contributed by atoms with Crippen molar-refractivity contribution in [2.45, 2.75) is 58.5 Å². The average Bonchev–Trinajstić information content (AvgIpc) is 2.75. The summed E-state index contributed by atoms with van der Waals surface area (Å²) in [6.07, 6.45) is 0.741. The monoisotopic (exact) mass is 442 g/mol. The summed E-state index contributed by atoms with van der Waals surface area (Å²) in [5, 5.41) is 5.83. The van der Waals surface area contributed by atoms with Gasteiger partial charge in [-0.25, -0.2) is 4.98 Å². The van der Waals surface area contributed by atoms with Gasteiger partial charge in [0.2, 0.25) is 5.95 Å². The summed E-state index contributed by atoms with van der Waals surface area (Å²) in [7, 11) is 0. The van der Waals surface area contributed by atoms with Crippen LogP contribution in [0.25, 0.3) is 0 Å². The number of aryl methyl sites for hydroxylation is 1. The molecular formula is C25H29F3N4. The van der Waals surface area contributed by atoms with Crippen LogP contribution in [0, 0.1) is 0 Å². The molecule has 1 aromatic heterocycles. The van der Waals surface area contributed by atoms with Gasteiger partial charge in [-0.2, -0.15) is 18.2 Å². The van der Waals surface area contributed by atoms with Crippen LogP contribution in [0.15, 0.2) is 54.7 Å². The van der Waals surface area contributed by atoms with E-state index in [1.165, 1.54) is 18.4 Å². The first-order chi connectivity index (χ1) is 15.3. The molecule has 0 aliphatic carbocycles. The molecule has 1 heterocycles. The topological polar surface area (TPSA) is 49.8 Å². The van der Waals surface area contributed by atoms with Crippen LogP contribution in [-0.4, -0.2) is 9.97 Å². The summed E-state index contributed by atoms with van der Waals surface area (Å²) in [5.41, 5.74) is 2.60. The molecule has 4 nitrogen and oxygen atoms in total. The second-order valence-corrected chi connectivity index (χ2v) is 8.14. The highest BCUT2D eigenvalue weighted by atomic mass is 19.4. The van der Waals surface area contributed by atoms with Gasteiger partial charge in [-0.05, 0) is 54.2 Å². The average molecular weight is 443 g/mol. The summed E-state index contributed by atoms with van der Waals surface area (Å²) in [6, 6.07) is 15.1. The Labute approximate surface area is 187 Å². The Morgan fingerprint density at radius 1 is 0.938 bits per heavy atom. The van der Waals surface area contributed by atoms with Crippen LogP contribution in [0.5, 0.6) is 0 Å². The zero-order valence-corrected chi connectivity index (χ0v) is 18.6. The Morgan fingerprint density at radius 2 is 1.69 bits per heavy atom. The summed E-state index contributed by atoms with van der Waals surface area (Å²) in [4.78, 5) is 8.02. The summed E-state index contributed by atoms with van der Waals surface area (Å²) in [6.45, 7) is 6.23. The molecule has 3 rings (SSSR count). The van der Waals surface area contributed by atoms with Gasteiger partial charge in [0, 0.05) is 17.6 Å². The molecule has 3 aromatic rings. The predicted octanol–water partition coefficient (Wildman–Crippen LogP) is 7.84. The molecule has 170 valence electrons. The first-order valence-corrected chi connectivity index (χ1v) is 10.9. The van der Waals surface area contributed by atoms with E-state index in [-0.39, 0.29) is 17.7 Å². The summed E-state index contributed by atoms with van der Waals surface area (Å²) in [5.74, 6) is 0.0674. The van der Waals surface area contributed by atoms with Crippen LogP contribution in [-0.2, 0) is 12.6 Å². The van der Waals surface area contributed by atoms with Crippen molar-refractivity contribution in [2.24, 2.45) is 0 Å². The second kappa shape index (κ2) is 10.5. The number of nitrogens with one attached hydrogen (secondary N) is 2. The highest BCUT2D eigenvalue weighted by molar-refractivity contribution is 5.63. The van der Waals surface area contributed by atoms with E-state index >= 15 is 0 Å². The minimum absolute atomic E-state index is 0.0965. The maximum absolute atomic E-state index is 13.5. The van der Waals surface area contributed by atoms with Crippen molar-refractivity contribution in [2.75, 3.05) is 10.6 Å². The largest absolute Gasteiger partial charge is 0.421 e. The molecule has 0 aliphatic heterocycles. The van der Waals surface area contributed by atoms with E-state index in [9.17, 15) is 13.2 Å². The van der Waals surface area contributed by atoms with E-state index in [2.05, 4.69) is 27.5 Å². The van der Waals surface area contributed by atoms with E-state index in [0.29, 0.717) is 5.69 Å². The molecule has 0 fully saturated rings. The van der Waals surface area contributed by atoms with Gasteiger partial charge in [0.25, 0.3) is 0 Å². The molecular weight excluding hydrogens is 413 g/mol. The number of benzene rings is 2. The lowest BCUT2D eigenvalue weighted by atomic mass is 10.0. The SMILES string of the molecule is CCCCCc1ccc(Nc2ncc(C(F)(F)F)c(Nc3cccc(C(C)C)c3)n2)cc1. The van der Waals surface area contributed by atoms with Gasteiger partial charge in [-0.15, -0.1) is 0 Å². The normalized spacial score (nSPS) is 11.6. The first-order valence-electron chi connectivity index (χ1n) is 10.9. The maximum Gasteiger partial charge on any atom is 0.421 e. The molecule has 0 saturated carbocycles. The molecule has 0 amide bonds. The van der Waals surface area contributed by atoms with Gasteiger partial charge in [0.15, 0.2) is 0 Å². The molecule has 0 bridgehead atoms. The van der Waals surface area contributed by atoms with Gasteiger partial charge >= 0.3 is 6.18 Å². The van der Waals surface area contributed by atoms with Gasteiger partial charge in [0.1, 0.15) is 11.4 Å². The van der Waals surface area contributed by atoms with Crippen molar-refractivity contribution in [3.05, 3.63) is 71.4 Å². The molecule has 0 saturated heterocycles. The second-order valence-electron chi connectivity index (χ2n) is 8.14. The molecule has 2 aromatic carbocycles. The number of hydrogen-bond donors (Lipinski definition) is 2. The van der Waals surface area contributed by atoms with Crippen molar-refractivity contribution in [3.8, 4) is 0 Å². The van der Waals surface area contributed by atoms with Crippen molar-refractivity contribution in [3.63, 3.8) is 0 Å². The number of hydrogen-bond acceptors (Lipinski definition) is 4. The van der Waals surface area contributed by atoms with Crippen LogP contribution < -0.4 is 10.6 Å². The molecule has 0 spiro atoms. The van der Waals surface area contributed by atoms with E-state index in [0.717, 1.165) is 30.3 Å². The minimum Gasteiger partial charge on any atom is -0.340 e. The third kappa shape index (κ3) is 6.45. The number of anilines is 4. The van der Waals surface area contributed by atoms with Gasteiger partial charge in [0.05, 0.1) is 0 Å². The highest BCUT2D eigenvalue weighted by Gasteiger charge is 2.35. The standard InChI is InChI=1S/C25H29F3N4/c1-4-5-6-8-18-11-13-20(14-12-18)31-24-29-16-22(25(26,27)28)23(32-24)30-21-10-7-9-19(15-21)17(2)3/h7,9-17H,4-6,8H2,1-3H3,(H2,29,30,31,32). The number of halogens is 3. The van der Waals surface area contributed by atoms with E-state index in [1.54, 1.807) is 6.07 Å². The third-order valence-electron chi connectivity index (χ3n) is 5.19.